The molecule has 0 aliphatic rings. The normalized spacial score (nSPS) is 10.4. The molecule has 0 aliphatic carbocycles. The number of rotatable bonds is 6. The fourth-order valence-corrected chi connectivity index (χ4v) is 2.57. The quantitative estimate of drug-likeness (QED) is 0.625. The summed E-state index contributed by atoms with van der Waals surface area (Å²) in [4.78, 5) is 12.0. The number of carbonyl (C=O) groups is 1. The highest BCUT2D eigenvalue weighted by atomic mass is 35.5. The van der Waals surface area contributed by atoms with E-state index < -0.39 is 0 Å². The van der Waals surface area contributed by atoms with Crippen LogP contribution in [0.3, 0.4) is 0 Å². The molecule has 2 aromatic carbocycles. The lowest BCUT2D eigenvalue weighted by atomic mass is 10.1. The summed E-state index contributed by atoms with van der Waals surface area (Å²) in [7, 11) is 0. The number of benzene rings is 2. The minimum atomic E-state index is -0.206. The number of carbonyl (C=O) groups excluding carboxylic acids is 1. The number of ether oxygens (including phenoxy) is 1. The van der Waals surface area contributed by atoms with E-state index in [4.69, 9.17) is 16.3 Å². The van der Waals surface area contributed by atoms with Crippen molar-refractivity contribution in [3.63, 3.8) is 0 Å². The van der Waals surface area contributed by atoms with Crippen LogP contribution in [-0.4, -0.2) is 27.8 Å². The molecule has 0 saturated carbocycles. The molecule has 25 heavy (non-hydrogen) atoms. The third-order valence-electron chi connectivity index (χ3n) is 3.51. The van der Waals surface area contributed by atoms with Gasteiger partial charge in [-0.3, -0.25) is 9.89 Å². The molecule has 0 saturated heterocycles. The molecule has 0 radical (unpaired) electrons. The first-order valence-electron chi connectivity index (χ1n) is 7.63. The number of phenolic OH excluding ortho intramolecular Hbond substituents is 1. The van der Waals surface area contributed by atoms with Crippen LogP contribution in [0.4, 0.5) is 5.69 Å². The van der Waals surface area contributed by atoms with Gasteiger partial charge in [0.25, 0.3) is 0 Å². The van der Waals surface area contributed by atoms with Gasteiger partial charge in [-0.25, -0.2) is 0 Å². The zero-order valence-corrected chi connectivity index (χ0v) is 14.0. The molecule has 3 rings (SSSR count). The second-order valence-corrected chi connectivity index (χ2v) is 5.70. The largest absolute Gasteiger partial charge is 0.504 e. The summed E-state index contributed by atoms with van der Waals surface area (Å²) < 4.78 is 5.39. The highest BCUT2D eigenvalue weighted by molar-refractivity contribution is 6.33. The van der Waals surface area contributed by atoms with E-state index in [0.29, 0.717) is 16.5 Å². The molecule has 1 amide bonds. The van der Waals surface area contributed by atoms with E-state index >= 15 is 0 Å². The van der Waals surface area contributed by atoms with Crippen molar-refractivity contribution in [1.82, 2.24) is 10.2 Å². The molecule has 1 aromatic heterocycles. The van der Waals surface area contributed by atoms with E-state index in [9.17, 15) is 9.90 Å². The van der Waals surface area contributed by atoms with Gasteiger partial charge in [-0.1, -0.05) is 29.8 Å². The van der Waals surface area contributed by atoms with Crippen molar-refractivity contribution < 1.29 is 14.6 Å². The summed E-state index contributed by atoms with van der Waals surface area (Å²) in [6.45, 7) is 0.157. The monoisotopic (exact) mass is 357 g/mol. The van der Waals surface area contributed by atoms with Gasteiger partial charge in [-0.05, 0) is 24.3 Å². The molecule has 0 unspecified atom stereocenters. The summed E-state index contributed by atoms with van der Waals surface area (Å²) >= 11 is 6.26. The second-order valence-electron chi connectivity index (χ2n) is 5.30. The standard InChI is InChI=1S/C18H16ClN3O3/c19-15-9-13(5-6-14(15)12-10-20-21-11-12)22-18(24)7-8-25-17-4-2-1-3-16(17)23/h1-6,9-11,23H,7-8H2,(H,20,21)(H,22,24). The first-order chi connectivity index (χ1) is 12.1. The number of para-hydroxylation sites is 2. The van der Waals surface area contributed by atoms with Crippen LogP contribution in [0.1, 0.15) is 6.42 Å². The maximum Gasteiger partial charge on any atom is 0.227 e. The van der Waals surface area contributed by atoms with Crippen molar-refractivity contribution in [3.05, 3.63) is 59.9 Å². The van der Waals surface area contributed by atoms with Crippen LogP contribution in [-0.2, 0) is 4.79 Å². The topological polar surface area (TPSA) is 87.2 Å². The number of amides is 1. The summed E-state index contributed by atoms with van der Waals surface area (Å²) in [5.41, 5.74) is 2.31. The van der Waals surface area contributed by atoms with Gasteiger partial charge in [0, 0.05) is 23.0 Å². The number of hydrogen-bond acceptors (Lipinski definition) is 4. The van der Waals surface area contributed by atoms with Crippen LogP contribution in [0, 0.1) is 0 Å². The van der Waals surface area contributed by atoms with Crippen molar-refractivity contribution in [2.75, 3.05) is 11.9 Å². The highest BCUT2D eigenvalue weighted by Gasteiger charge is 2.09. The SMILES string of the molecule is O=C(CCOc1ccccc1O)Nc1ccc(-c2cn[nH]c2)c(Cl)c1. The molecule has 0 bridgehead atoms. The molecule has 3 aromatic rings. The first kappa shape index (κ1) is 16.9. The lowest BCUT2D eigenvalue weighted by molar-refractivity contribution is -0.116. The van der Waals surface area contributed by atoms with Crippen molar-refractivity contribution in [2.24, 2.45) is 0 Å². The Morgan fingerprint density at radius 2 is 2.12 bits per heavy atom. The Hall–Kier alpha value is -2.99. The van der Waals surface area contributed by atoms with Gasteiger partial charge in [0.05, 0.1) is 24.2 Å². The number of aromatic amines is 1. The number of anilines is 1. The number of H-pyrrole nitrogens is 1. The van der Waals surface area contributed by atoms with Crippen molar-refractivity contribution >= 4 is 23.2 Å². The highest BCUT2D eigenvalue weighted by Crippen LogP contribution is 2.29. The van der Waals surface area contributed by atoms with Crippen molar-refractivity contribution in [2.45, 2.75) is 6.42 Å². The molecule has 3 N–H and O–H groups in total. The molecule has 128 valence electrons. The summed E-state index contributed by atoms with van der Waals surface area (Å²) in [5.74, 6) is 0.190. The second kappa shape index (κ2) is 7.72. The van der Waals surface area contributed by atoms with Crippen LogP contribution >= 0.6 is 11.6 Å². The number of aromatic nitrogens is 2. The average molecular weight is 358 g/mol. The van der Waals surface area contributed by atoms with E-state index in [0.717, 1.165) is 11.1 Å². The molecular weight excluding hydrogens is 342 g/mol. The van der Waals surface area contributed by atoms with Gasteiger partial charge in [0.2, 0.25) is 5.91 Å². The predicted molar refractivity (Wildman–Crippen MR) is 95.9 cm³/mol. The third kappa shape index (κ3) is 4.30. The Bertz CT molecular complexity index is 866. The van der Waals surface area contributed by atoms with Gasteiger partial charge >= 0.3 is 0 Å². The Labute approximate surface area is 149 Å². The molecule has 7 heteroatoms. The van der Waals surface area contributed by atoms with E-state index in [1.54, 1.807) is 42.7 Å². The third-order valence-corrected chi connectivity index (χ3v) is 3.83. The minimum Gasteiger partial charge on any atom is -0.504 e. The number of phenols is 1. The number of halogens is 1. The lowest BCUT2D eigenvalue weighted by Gasteiger charge is -2.09. The van der Waals surface area contributed by atoms with Crippen LogP contribution in [0.2, 0.25) is 5.02 Å². The molecule has 1 heterocycles. The Morgan fingerprint density at radius 3 is 2.84 bits per heavy atom. The van der Waals surface area contributed by atoms with Crippen LogP contribution in [0.15, 0.2) is 54.9 Å². The summed E-state index contributed by atoms with van der Waals surface area (Å²) in [5, 5.41) is 19.5. The Balaban J connectivity index is 1.54. The van der Waals surface area contributed by atoms with Crippen LogP contribution in [0.5, 0.6) is 11.5 Å². The van der Waals surface area contributed by atoms with Gasteiger partial charge in [0.15, 0.2) is 11.5 Å². The van der Waals surface area contributed by atoms with Crippen molar-refractivity contribution in [1.29, 1.82) is 0 Å². The summed E-state index contributed by atoms with van der Waals surface area (Å²) in [6.07, 6.45) is 3.57. The zero-order valence-electron chi connectivity index (χ0n) is 13.2. The smallest absolute Gasteiger partial charge is 0.227 e. The van der Waals surface area contributed by atoms with Gasteiger partial charge in [-0.2, -0.15) is 5.10 Å². The fourth-order valence-electron chi connectivity index (χ4n) is 2.28. The molecule has 0 spiro atoms. The summed E-state index contributed by atoms with van der Waals surface area (Å²) in [6, 6.07) is 11.9. The van der Waals surface area contributed by atoms with Gasteiger partial charge in [0.1, 0.15) is 0 Å². The van der Waals surface area contributed by atoms with E-state index in [1.807, 2.05) is 6.07 Å². The number of hydrogen-bond donors (Lipinski definition) is 3. The van der Waals surface area contributed by atoms with Gasteiger partial charge in [-0.15, -0.1) is 0 Å². The Kier molecular flexibility index (Phi) is 5.20. The zero-order chi connectivity index (χ0) is 17.6. The molecule has 0 aliphatic heterocycles. The van der Waals surface area contributed by atoms with Gasteiger partial charge < -0.3 is 15.2 Å². The number of nitrogens with zero attached hydrogens (tertiary/aromatic N) is 1. The number of aromatic hydroxyl groups is 1. The molecule has 0 fully saturated rings. The predicted octanol–water partition coefficient (Wildman–Crippen LogP) is 3.84. The first-order valence-corrected chi connectivity index (χ1v) is 8.00. The molecule has 0 atom stereocenters. The van der Waals surface area contributed by atoms with Crippen molar-refractivity contribution in [3.8, 4) is 22.6 Å². The maximum atomic E-state index is 12.0. The van der Waals surface area contributed by atoms with Crippen LogP contribution in [0.25, 0.3) is 11.1 Å². The minimum absolute atomic E-state index is 0.0459. The molecule has 6 nitrogen and oxygen atoms in total. The van der Waals surface area contributed by atoms with E-state index in [2.05, 4.69) is 15.5 Å². The molecular formula is C18H16ClN3O3. The van der Waals surface area contributed by atoms with E-state index in [-0.39, 0.29) is 24.7 Å². The number of nitrogens with one attached hydrogen (secondary N) is 2. The lowest BCUT2D eigenvalue weighted by Crippen LogP contribution is -2.15. The maximum absolute atomic E-state index is 12.0. The Morgan fingerprint density at radius 1 is 1.28 bits per heavy atom. The van der Waals surface area contributed by atoms with Crippen LogP contribution < -0.4 is 10.1 Å². The fraction of sp³-hybridized carbons (Fsp3) is 0.111. The average Bonchev–Trinajstić information content (AvgIpc) is 3.11. The van der Waals surface area contributed by atoms with E-state index in [1.165, 1.54) is 6.07 Å².